The molecule has 2 heterocycles. The van der Waals surface area contributed by atoms with Gasteiger partial charge in [0.1, 0.15) is 5.65 Å². The standard InChI is InChI=1S/C13H16ClN3/c1-2-8-9(7-10(8)15)12-13(14)16-11-5-3-4-6-17(11)12/h3-6,8-10H,2,7,15H2,1H3. The van der Waals surface area contributed by atoms with Crippen molar-refractivity contribution in [2.45, 2.75) is 31.7 Å². The third kappa shape index (κ3) is 1.57. The molecule has 1 saturated carbocycles. The van der Waals surface area contributed by atoms with Gasteiger partial charge in [-0.1, -0.05) is 31.0 Å². The number of nitrogens with two attached hydrogens (primary N) is 1. The van der Waals surface area contributed by atoms with E-state index >= 15 is 0 Å². The summed E-state index contributed by atoms with van der Waals surface area (Å²) in [6.07, 6.45) is 4.14. The first-order chi connectivity index (χ1) is 8.22. The third-order valence-corrected chi connectivity index (χ3v) is 4.22. The van der Waals surface area contributed by atoms with Gasteiger partial charge in [0.15, 0.2) is 5.15 Å². The molecule has 3 rings (SSSR count). The maximum Gasteiger partial charge on any atom is 0.151 e. The Morgan fingerprint density at radius 1 is 1.53 bits per heavy atom. The zero-order valence-electron chi connectivity index (χ0n) is 9.81. The summed E-state index contributed by atoms with van der Waals surface area (Å²) in [4.78, 5) is 4.40. The summed E-state index contributed by atoms with van der Waals surface area (Å²) in [5.74, 6) is 0.993. The van der Waals surface area contributed by atoms with Gasteiger partial charge in [0.2, 0.25) is 0 Å². The van der Waals surface area contributed by atoms with Crippen LogP contribution in [0, 0.1) is 5.92 Å². The summed E-state index contributed by atoms with van der Waals surface area (Å²) in [6, 6.07) is 6.28. The van der Waals surface area contributed by atoms with Crippen LogP contribution in [-0.4, -0.2) is 15.4 Å². The molecule has 1 fully saturated rings. The minimum atomic E-state index is 0.315. The molecule has 0 saturated heterocycles. The lowest BCUT2D eigenvalue weighted by molar-refractivity contribution is 0.194. The summed E-state index contributed by atoms with van der Waals surface area (Å²) in [7, 11) is 0. The minimum Gasteiger partial charge on any atom is -0.327 e. The minimum absolute atomic E-state index is 0.315. The number of rotatable bonds is 2. The predicted octanol–water partition coefficient (Wildman–Crippen LogP) is 2.83. The van der Waals surface area contributed by atoms with Crippen molar-refractivity contribution >= 4 is 17.2 Å². The molecule has 0 aliphatic heterocycles. The van der Waals surface area contributed by atoms with Crippen molar-refractivity contribution < 1.29 is 0 Å². The van der Waals surface area contributed by atoms with Gasteiger partial charge in [-0.15, -0.1) is 0 Å². The molecule has 0 spiro atoms. The fraction of sp³-hybridized carbons (Fsp3) is 0.462. The van der Waals surface area contributed by atoms with E-state index in [9.17, 15) is 0 Å². The largest absolute Gasteiger partial charge is 0.327 e. The number of imidazole rings is 1. The topological polar surface area (TPSA) is 43.3 Å². The molecule has 0 radical (unpaired) electrons. The molecule has 4 heteroatoms. The number of aromatic nitrogens is 2. The van der Waals surface area contributed by atoms with Crippen molar-refractivity contribution in [3.8, 4) is 0 Å². The molecule has 1 aliphatic rings. The van der Waals surface area contributed by atoms with E-state index in [0.717, 1.165) is 24.2 Å². The molecule has 1 aliphatic carbocycles. The van der Waals surface area contributed by atoms with E-state index in [0.29, 0.717) is 23.0 Å². The molecule has 2 aromatic rings. The first-order valence-electron chi connectivity index (χ1n) is 6.10. The Morgan fingerprint density at radius 2 is 2.35 bits per heavy atom. The number of fused-ring (bicyclic) bond motifs is 1. The molecule has 90 valence electrons. The second kappa shape index (κ2) is 4.00. The van der Waals surface area contributed by atoms with Crippen molar-refractivity contribution in [3.05, 3.63) is 35.2 Å². The van der Waals surface area contributed by atoms with Crippen LogP contribution in [0.3, 0.4) is 0 Å². The van der Waals surface area contributed by atoms with Gasteiger partial charge in [-0.3, -0.25) is 0 Å². The monoisotopic (exact) mass is 249 g/mol. The van der Waals surface area contributed by atoms with E-state index in [4.69, 9.17) is 17.3 Å². The first kappa shape index (κ1) is 11.1. The van der Waals surface area contributed by atoms with Gasteiger partial charge >= 0.3 is 0 Å². The molecule has 0 aromatic carbocycles. The Bertz CT molecular complexity index is 549. The van der Waals surface area contributed by atoms with Crippen LogP contribution in [0.15, 0.2) is 24.4 Å². The lowest BCUT2D eigenvalue weighted by Crippen LogP contribution is -2.46. The second-order valence-corrected chi connectivity index (χ2v) is 5.15. The van der Waals surface area contributed by atoms with Crippen molar-refractivity contribution in [1.29, 1.82) is 0 Å². The molecule has 0 bridgehead atoms. The maximum absolute atomic E-state index is 6.27. The highest BCUT2D eigenvalue weighted by atomic mass is 35.5. The Labute approximate surface area is 106 Å². The van der Waals surface area contributed by atoms with E-state index < -0.39 is 0 Å². The van der Waals surface area contributed by atoms with Gasteiger partial charge < -0.3 is 10.1 Å². The lowest BCUT2D eigenvalue weighted by Gasteiger charge is -2.42. The van der Waals surface area contributed by atoms with Crippen molar-refractivity contribution in [1.82, 2.24) is 9.38 Å². The SMILES string of the molecule is CCC1C(N)CC1c1c(Cl)nc2ccccn12. The summed E-state index contributed by atoms with van der Waals surface area (Å²) < 4.78 is 2.10. The van der Waals surface area contributed by atoms with Crippen LogP contribution in [0.5, 0.6) is 0 Å². The van der Waals surface area contributed by atoms with Crippen LogP contribution >= 0.6 is 11.6 Å². The number of nitrogens with zero attached hydrogens (tertiary/aromatic N) is 2. The lowest BCUT2D eigenvalue weighted by atomic mass is 9.67. The number of hydrogen-bond acceptors (Lipinski definition) is 2. The van der Waals surface area contributed by atoms with Crippen LogP contribution in [0.2, 0.25) is 5.15 Å². The molecule has 2 aromatic heterocycles. The quantitative estimate of drug-likeness (QED) is 0.890. The number of hydrogen-bond donors (Lipinski definition) is 1. The van der Waals surface area contributed by atoms with Crippen LogP contribution < -0.4 is 5.73 Å². The molecule has 3 atom stereocenters. The highest BCUT2D eigenvalue weighted by Gasteiger charge is 2.41. The molecule has 2 N–H and O–H groups in total. The van der Waals surface area contributed by atoms with Crippen molar-refractivity contribution in [2.75, 3.05) is 0 Å². The first-order valence-corrected chi connectivity index (χ1v) is 6.48. The molecule has 3 nitrogen and oxygen atoms in total. The normalized spacial score (nSPS) is 28.3. The molecule has 0 amide bonds. The highest BCUT2D eigenvalue weighted by Crippen LogP contribution is 2.45. The van der Waals surface area contributed by atoms with Crippen LogP contribution in [0.1, 0.15) is 31.4 Å². The predicted molar refractivity (Wildman–Crippen MR) is 69.3 cm³/mol. The summed E-state index contributed by atoms with van der Waals surface area (Å²) in [6.45, 7) is 2.19. The fourth-order valence-electron chi connectivity index (χ4n) is 2.96. The van der Waals surface area contributed by atoms with Crippen molar-refractivity contribution in [2.24, 2.45) is 11.7 Å². The molecular formula is C13H16ClN3. The van der Waals surface area contributed by atoms with Gasteiger partial charge in [-0.2, -0.15) is 0 Å². The number of halogens is 1. The van der Waals surface area contributed by atoms with Gasteiger partial charge in [0.25, 0.3) is 0 Å². The highest BCUT2D eigenvalue weighted by molar-refractivity contribution is 6.30. The van der Waals surface area contributed by atoms with E-state index in [1.165, 1.54) is 0 Å². The summed E-state index contributed by atoms with van der Waals surface area (Å²) >= 11 is 6.27. The van der Waals surface area contributed by atoms with Gasteiger partial charge in [-0.25, -0.2) is 4.98 Å². The smallest absolute Gasteiger partial charge is 0.151 e. The van der Waals surface area contributed by atoms with E-state index in [2.05, 4.69) is 16.3 Å². The van der Waals surface area contributed by atoms with Crippen LogP contribution in [0.25, 0.3) is 5.65 Å². The van der Waals surface area contributed by atoms with Gasteiger partial charge in [-0.05, 0) is 24.5 Å². The van der Waals surface area contributed by atoms with Crippen molar-refractivity contribution in [3.63, 3.8) is 0 Å². The second-order valence-electron chi connectivity index (χ2n) is 4.79. The molecule has 3 unspecified atom stereocenters. The Morgan fingerprint density at radius 3 is 3.06 bits per heavy atom. The Balaban J connectivity index is 2.08. The van der Waals surface area contributed by atoms with E-state index in [1.807, 2.05) is 24.4 Å². The zero-order chi connectivity index (χ0) is 12.0. The van der Waals surface area contributed by atoms with Crippen LogP contribution in [0.4, 0.5) is 0 Å². The maximum atomic E-state index is 6.27. The van der Waals surface area contributed by atoms with Gasteiger partial charge in [0.05, 0.1) is 5.69 Å². The number of pyridine rings is 1. The molecule has 17 heavy (non-hydrogen) atoms. The molecular weight excluding hydrogens is 234 g/mol. The average molecular weight is 250 g/mol. The summed E-state index contributed by atoms with van der Waals surface area (Å²) in [5.41, 5.74) is 8.11. The summed E-state index contributed by atoms with van der Waals surface area (Å²) in [5, 5.41) is 0.631. The average Bonchev–Trinajstić information content (AvgIpc) is 2.62. The van der Waals surface area contributed by atoms with Crippen LogP contribution in [-0.2, 0) is 0 Å². The van der Waals surface area contributed by atoms with E-state index in [1.54, 1.807) is 0 Å². The Kier molecular flexibility index (Phi) is 2.60. The fourth-order valence-corrected chi connectivity index (χ4v) is 3.28. The van der Waals surface area contributed by atoms with E-state index in [-0.39, 0.29) is 0 Å². The third-order valence-electron chi connectivity index (χ3n) is 3.94. The van der Waals surface area contributed by atoms with Gasteiger partial charge in [0, 0.05) is 18.2 Å². The zero-order valence-corrected chi connectivity index (χ0v) is 10.6. The Hall–Kier alpha value is -1.06.